The highest BCUT2D eigenvalue weighted by Crippen LogP contribution is 2.51. The van der Waals surface area contributed by atoms with E-state index < -0.39 is 23.5 Å². The fourth-order valence-electron chi connectivity index (χ4n) is 5.18. The van der Waals surface area contributed by atoms with Crippen LogP contribution in [-0.4, -0.2) is 59.4 Å². The predicted octanol–water partition coefficient (Wildman–Crippen LogP) is 4.33. The number of nitrogens with zero attached hydrogens (tertiary/aromatic N) is 3. The fraction of sp³-hybridized carbons (Fsp3) is 0.296. The number of hydrogen-bond acceptors (Lipinski definition) is 6. The number of likely N-dealkylation sites (N-methyl/N-ethyl adjacent to an activating group) is 1. The van der Waals surface area contributed by atoms with Gasteiger partial charge in [0.2, 0.25) is 5.91 Å². The number of carbonyl (C=O) groups excluding carboxylic acids is 2. The zero-order valence-electron chi connectivity index (χ0n) is 20.3. The second-order valence-corrected chi connectivity index (χ2v) is 10.7. The minimum atomic E-state index is -1.12. The Hall–Kier alpha value is -3.63. The van der Waals surface area contributed by atoms with Gasteiger partial charge in [0.05, 0.1) is 23.5 Å². The van der Waals surface area contributed by atoms with Crippen molar-refractivity contribution in [3.8, 4) is 11.5 Å². The van der Waals surface area contributed by atoms with Crippen LogP contribution in [0.25, 0.3) is 0 Å². The fourth-order valence-corrected chi connectivity index (χ4v) is 6.42. The molecule has 3 aliphatic heterocycles. The third kappa shape index (κ3) is 4.30. The highest BCUT2D eigenvalue weighted by atomic mass is 32.2. The maximum Gasteiger partial charge on any atom is 0.327 e. The van der Waals surface area contributed by atoms with Crippen LogP contribution in [0, 0.1) is 6.92 Å². The molecule has 1 fully saturated rings. The average molecular weight is 520 g/mol. The molecule has 8 nitrogen and oxygen atoms in total. The first-order chi connectivity index (χ1) is 17.9. The van der Waals surface area contributed by atoms with Gasteiger partial charge in [-0.2, -0.15) is 0 Å². The van der Waals surface area contributed by atoms with E-state index in [4.69, 9.17) is 4.74 Å². The first kappa shape index (κ1) is 23.7. The predicted molar refractivity (Wildman–Crippen MR) is 139 cm³/mol. The summed E-state index contributed by atoms with van der Waals surface area (Å²) in [5.74, 6) is 1.10. The summed E-state index contributed by atoms with van der Waals surface area (Å²) in [6, 6.07) is 15.4. The summed E-state index contributed by atoms with van der Waals surface area (Å²) in [5, 5.41) is 5.92. The Morgan fingerprint density at radius 1 is 1.14 bits per heavy atom. The third-order valence-corrected chi connectivity index (χ3v) is 8.20. The Balaban J connectivity index is 1.27. The SMILES string of the molecule is Cc1cc(Oc2ccccc2)ccc1N1C(=O)NC2c3c1ccnc3SC2C(=O)N[C@H]1CN(C)C[C@H]1F. The number of aromatic nitrogens is 1. The van der Waals surface area contributed by atoms with Gasteiger partial charge in [-0.25, -0.2) is 14.2 Å². The molecule has 2 aromatic carbocycles. The van der Waals surface area contributed by atoms with E-state index >= 15 is 0 Å². The molecule has 0 bridgehead atoms. The number of pyridine rings is 1. The van der Waals surface area contributed by atoms with Gasteiger partial charge in [0, 0.05) is 24.8 Å². The molecule has 2 unspecified atom stereocenters. The number of hydrogen-bond donors (Lipinski definition) is 2. The van der Waals surface area contributed by atoms with E-state index in [1.165, 1.54) is 11.8 Å². The highest BCUT2D eigenvalue weighted by molar-refractivity contribution is 8.01. The van der Waals surface area contributed by atoms with Crippen molar-refractivity contribution in [3.63, 3.8) is 0 Å². The van der Waals surface area contributed by atoms with Crippen molar-refractivity contribution in [1.29, 1.82) is 0 Å². The van der Waals surface area contributed by atoms with Gasteiger partial charge < -0.3 is 20.3 Å². The summed E-state index contributed by atoms with van der Waals surface area (Å²) in [5.41, 5.74) is 3.05. The highest BCUT2D eigenvalue weighted by Gasteiger charge is 2.47. The van der Waals surface area contributed by atoms with Crippen LogP contribution in [-0.2, 0) is 4.79 Å². The molecule has 4 atom stereocenters. The van der Waals surface area contributed by atoms with Crippen molar-refractivity contribution in [3.05, 3.63) is 71.9 Å². The molecule has 0 aliphatic carbocycles. The van der Waals surface area contributed by atoms with Crippen LogP contribution in [0.15, 0.2) is 65.8 Å². The van der Waals surface area contributed by atoms with E-state index in [0.717, 1.165) is 16.9 Å². The Kier molecular flexibility index (Phi) is 6.00. The van der Waals surface area contributed by atoms with E-state index in [0.29, 0.717) is 35.2 Å². The number of thioether (sulfide) groups is 1. The number of benzene rings is 2. The van der Waals surface area contributed by atoms with E-state index in [1.54, 1.807) is 17.2 Å². The molecule has 0 radical (unpaired) electrons. The topological polar surface area (TPSA) is 86.8 Å². The molecule has 3 aliphatic rings. The number of alkyl halides is 1. The maximum atomic E-state index is 14.3. The van der Waals surface area contributed by atoms with Gasteiger partial charge in [-0.1, -0.05) is 30.0 Å². The number of likely N-dealkylation sites (tertiary alicyclic amines) is 1. The molecule has 4 heterocycles. The molecule has 190 valence electrons. The summed E-state index contributed by atoms with van der Waals surface area (Å²) >= 11 is 1.30. The van der Waals surface area contributed by atoms with Gasteiger partial charge in [0.25, 0.3) is 0 Å². The average Bonchev–Trinajstić information content (AvgIpc) is 3.40. The number of urea groups is 1. The Labute approximate surface area is 218 Å². The minimum Gasteiger partial charge on any atom is -0.457 e. The molecule has 2 N–H and O–H groups in total. The van der Waals surface area contributed by atoms with Crippen LogP contribution in [0.3, 0.4) is 0 Å². The Bertz CT molecular complexity index is 1370. The number of amides is 3. The molecule has 0 saturated carbocycles. The zero-order valence-corrected chi connectivity index (χ0v) is 21.2. The summed E-state index contributed by atoms with van der Waals surface area (Å²) in [4.78, 5) is 34.6. The normalized spacial score (nSPS) is 24.5. The van der Waals surface area contributed by atoms with Gasteiger partial charge in [-0.3, -0.25) is 9.69 Å². The first-order valence-electron chi connectivity index (χ1n) is 12.1. The second kappa shape index (κ2) is 9.35. The molecule has 37 heavy (non-hydrogen) atoms. The zero-order chi connectivity index (χ0) is 25.7. The number of anilines is 2. The second-order valence-electron chi connectivity index (χ2n) is 9.57. The van der Waals surface area contributed by atoms with Gasteiger partial charge in [0.15, 0.2) is 0 Å². The standard InChI is InChI=1S/C27H26FN5O3S/c1-15-12-17(36-16-6-4-3-5-7-16)8-9-20(15)33-21-10-11-29-26-22(21)23(31-27(33)35)24(37-26)25(34)30-19-14-32(2)13-18(19)28/h3-12,18-19,23-24H,13-14H2,1-2H3,(H,30,34)(H,31,35)/t18-,19+,23?,24?/m1/s1. The van der Waals surface area contributed by atoms with Crippen LogP contribution in [0.2, 0.25) is 0 Å². The molecular weight excluding hydrogens is 493 g/mol. The number of halogens is 1. The third-order valence-electron chi connectivity index (χ3n) is 6.91. The lowest BCUT2D eigenvalue weighted by molar-refractivity contribution is -0.121. The lowest BCUT2D eigenvalue weighted by Gasteiger charge is -2.35. The van der Waals surface area contributed by atoms with Crippen LogP contribution in [0.1, 0.15) is 17.2 Å². The monoisotopic (exact) mass is 519 g/mol. The molecule has 1 aromatic heterocycles. The molecular formula is C27H26FN5O3S. The number of carbonyl (C=O) groups is 2. The van der Waals surface area contributed by atoms with Crippen molar-refractivity contribution in [1.82, 2.24) is 20.5 Å². The summed E-state index contributed by atoms with van der Waals surface area (Å²) in [6.07, 6.45) is 0.528. The van der Waals surface area contributed by atoms with E-state index in [2.05, 4.69) is 15.6 Å². The summed E-state index contributed by atoms with van der Waals surface area (Å²) in [6.45, 7) is 2.66. The van der Waals surface area contributed by atoms with E-state index in [-0.39, 0.29) is 11.9 Å². The van der Waals surface area contributed by atoms with Crippen molar-refractivity contribution in [2.75, 3.05) is 25.0 Å². The van der Waals surface area contributed by atoms with Crippen molar-refractivity contribution in [2.24, 2.45) is 0 Å². The number of para-hydroxylation sites is 1. The van der Waals surface area contributed by atoms with Crippen molar-refractivity contribution >= 4 is 35.1 Å². The van der Waals surface area contributed by atoms with Crippen molar-refractivity contribution in [2.45, 2.75) is 35.5 Å². The first-order valence-corrected chi connectivity index (χ1v) is 13.0. The number of nitrogens with one attached hydrogen (secondary N) is 2. The smallest absolute Gasteiger partial charge is 0.327 e. The van der Waals surface area contributed by atoms with Crippen molar-refractivity contribution < 1.29 is 18.7 Å². The van der Waals surface area contributed by atoms with E-state index in [9.17, 15) is 14.0 Å². The number of rotatable bonds is 5. The largest absolute Gasteiger partial charge is 0.457 e. The van der Waals surface area contributed by atoms with Gasteiger partial charge in [0.1, 0.15) is 27.9 Å². The van der Waals surface area contributed by atoms with Gasteiger partial charge >= 0.3 is 6.03 Å². The van der Waals surface area contributed by atoms with Crippen LogP contribution < -0.4 is 20.3 Å². The van der Waals surface area contributed by atoms with Crippen LogP contribution in [0.5, 0.6) is 11.5 Å². The summed E-state index contributed by atoms with van der Waals surface area (Å²) < 4.78 is 20.3. The Morgan fingerprint density at radius 3 is 2.68 bits per heavy atom. The van der Waals surface area contributed by atoms with Crippen LogP contribution in [0.4, 0.5) is 20.6 Å². The van der Waals surface area contributed by atoms with Crippen LogP contribution >= 0.6 is 11.8 Å². The quantitative estimate of drug-likeness (QED) is 0.522. The summed E-state index contributed by atoms with van der Waals surface area (Å²) in [7, 11) is 1.83. The van der Waals surface area contributed by atoms with Gasteiger partial charge in [-0.15, -0.1) is 0 Å². The lowest BCUT2D eigenvalue weighted by Crippen LogP contribution is -2.51. The Morgan fingerprint density at radius 2 is 1.95 bits per heavy atom. The van der Waals surface area contributed by atoms with E-state index in [1.807, 2.05) is 67.4 Å². The lowest BCUT2D eigenvalue weighted by atomic mass is 9.99. The molecule has 10 heteroatoms. The number of ether oxygens (including phenoxy) is 1. The molecule has 3 aromatic rings. The van der Waals surface area contributed by atoms with Gasteiger partial charge in [-0.05, 0) is 55.9 Å². The molecule has 1 saturated heterocycles. The number of aryl methyl sites for hydroxylation is 1. The molecule has 0 spiro atoms. The minimum absolute atomic E-state index is 0.290. The molecule has 3 amide bonds. The maximum absolute atomic E-state index is 14.3. The molecule has 6 rings (SSSR count).